The third kappa shape index (κ3) is 6.39. The molecule has 2 fully saturated rings. The highest BCUT2D eigenvalue weighted by molar-refractivity contribution is 7.86. The van der Waals surface area contributed by atoms with Gasteiger partial charge in [-0.25, -0.2) is 0 Å². The predicted molar refractivity (Wildman–Crippen MR) is 122 cm³/mol. The molecule has 2 unspecified atom stereocenters. The molecule has 12 nitrogen and oxygen atoms in total. The third-order valence-corrected chi connectivity index (χ3v) is 8.38. The van der Waals surface area contributed by atoms with E-state index < -0.39 is 41.0 Å². The van der Waals surface area contributed by atoms with Crippen LogP contribution in [0.4, 0.5) is 0 Å². The number of rotatable bonds is 12. The Bertz CT molecular complexity index is 729. The Hall–Kier alpha value is -0.835. The monoisotopic (exact) mass is 478 g/mol. The first-order valence-electron chi connectivity index (χ1n) is 11.2. The van der Waals surface area contributed by atoms with Crippen molar-refractivity contribution >= 4 is 23.2 Å². The standard InChI is InChI=1S/C18H39BN6O6S/c1-4-25(16-10-31-9-15(16)23-17(26)13(2)20)32(29,30)24-8-14(6-5-7-19(27)28)18(21,12-24)11-22-3/h13-16,22,27-28H,4-12,20-21H2,1-3H3,(H,23,26)/t13-,14-,15?,16?,18-/m0/s1. The molecule has 2 rings (SSSR count). The van der Waals surface area contributed by atoms with Crippen molar-refractivity contribution in [2.45, 2.75) is 56.7 Å². The first kappa shape index (κ1) is 27.4. The molecule has 0 spiro atoms. The van der Waals surface area contributed by atoms with Gasteiger partial charge < -0.3 is 36.9 Å². The van der Waals surface area contributed by atoms with Gasteiger partial charge in [-0.2, -0.15) is 17.0 Å². The van der Waals surface area contributed by atoms with Crippen LogP contribution in [0.15, 0.2) is 0 Å². The number of nitrogens with two attached hydrogens (primary N) is 2. The van der Waals surface area contributed by atoms with E-state index in [-0.39, 0.29) is 51.0 Å². The van der Waals surface area contributed by atoms with Crippen molar-refractivity contribution in [1.29, 1.82) is 0 Å². The molecular weight excluding hydrogens is 439 g/mol. The number of hydrogen-bond donors (Lipinski definition) is 6. The Morgan fingerprint density at radius 2 is 2.09 bits per heavy atom. The number of carbonyl (C=O) groups excluding carboxylic acids is 1. The Morgan fingerprint density at radius 3 is 2.66 bits per heavy atom. The van der Waals surface area contributed by atoms with Gasteiger partial charge in [0, 0.05) is 31.7 Å². The van der Waals surface area contributed by atoms with E-state index in [0.717, 1.165) is 0 Å². The zero-order valence-corrected chi connectivity index (χ0v) is 20.1. The summed E-state index contributed by atoms with van der Waals surface area (Å²) in [7, 11) is -3.52. The first-order valence-corrected chi connectivity index (χ1v) is 12.6. The van der Waals surface area contributed by atoms with E-state index in [9.17, 15) is 13.2 Å². The van der Waals surface area contributed by atoms with Crippen molar-refractivity contribution in [3.05, 3.63) is 0 Å². The van der Waals surface area contributed by atoms with Crippen LogP contribution in [0.1, 0.15) is 26.7 Å². The lowest BCUT2D eigenvalue weighted by atomic mass is 9.78. The van der Waals surface area contributed by atoms with E-state index in [1.807, 2.05) is 0 Å². The lowest BCUT2D eigenvalue weighted by Gasteiger charge is -2.34. The summed E-state index contributed by atoms with van der Waals surface area (Å²) in [6.07, 6.45) is 1.31. The molecule has 14 heteroatoms. The smallest absolute Gasteiger partial charge is 0.427 e. The van der Waals surface area contributed by atoms with Gasteiger partial charge in [0.15, 0.2) is 0 Å². The highest BCUT2D eigenvalue weighted by atomic mass is 32.2. The first-order chi connectivity index (χ1) is 15.0. The maximum atomic E-state index is 13.6. The molecule has 1 amide bonds. The van der Waals surface area contributed by atoms with Gasteiger partial charge in [0.2, 0.25) is 5.91 Å². The van der Waals surface area contributed by atoms with Gasteiger partial charge in [-0.05, 0) is 32.6 Å². The van der Waals surface area contributed by atoms with Gasteiger partial charge in [-0.15, -0.1) is 0 Å². The lowest BCUT2D eigenvalue weighted by Crippen LogP contribution is -2.58. The topological polar surface area (TPSA) is 183 Å². The van der Waals surface area contributed by atoms with E-state index in [0.29, 0.717) is 19.4 Å². The molecule has 32 heavy (non-hydrogen) atoms. The number of amides is 1. The van der Waals surface area contributed by atoms with Crippen LogP contribution in [0.2, 0.25) is 6.32 Å². The molecule has 0 radical (unpaired) electrons. The van der Waals surface area contributed by atoms with Crippen molar-refractivity contribution < 1.29 is 28.0 Å². The van der Waals surface area contributed by atoms with Crippen LogP contribution in [-0.4, -0.2) is 110 Å². The van der Waals surface area contributed by atoms with Crippen LogP contribution in [0.3, 0.4) is 0 Å². The summed E-state index contributed by atoms with van der Waals surface area (Å²) in [6.45, 7) is 4.72. The Morgan fingerprint density at radius 1 is 1.41 bits per heavy atom. The van der Waals surface area contributed by atoms with Crippen molar-refractivity contribution in [1.82, 2.24) is 19.2 Å². The van der Waals surface area contributed by atoms with Crippen LogP contribution in [-0.2, 0) is 19.7 Å². The second kappa shape index (κ2) is 11.5. The van der Waals surface area contributed by atoms with E-state index in [2.05, 4.69) is 10.6 Å². The fraction of sp³-hybridized carbons (Fsp3) is 0.944. The molecule has 0 saturated carbocycles. The minimum Gasteiger partial charge on any atom is -0.427 e. The molecular formula is C18H39BN6O6S. The van der Waals surface area contributed by atoms with Crippen LogP contribution in [0.5, 0.6) is 0 Å². The number of hydrogen-bond acceptors (Lipinski definition) is 9. The highest BCUT2D eigenvalue weighted by Gasteiger charge is 2.50. The van der Waals surface area contributed by atoms with Gasteiger partial charge >= 0.3 is 7.12 Å². The third-order valence-electron chi connectivity index (χ3n) is 6.32. The van der Waals surface area contributed by atoms with Gasteiger partial charge in [0.25, 0.3) is 10.2 Å². The number of nitrogens with one attached hydrogen (secondary N) is 2. The van der Waals surface area contributed by atoms with Crippen molar-refractivity contribution in [3.8, 4) is 0 Å². The molecule has 2 aliphatic heterocycles. The molecule has 8 N–H and O–H groups in total. The molecule has 0 aromatic rings. The second-order valence-corrected chi connectivity index (χ2v) is 10.8. The summed E-state index contributed by atoms with van der Waals surface area (Å²) in [5.41, 5.74) is 11.5. The molecule has 2 aliphatic rings. The Kier molecular flexibility index (Phi) is 9.88. The number of ether oxygens (including phenoxy) is 1. The molecule has 0 aliphatic carbocycles. The quantitative estimate of drug-likeness (QED) is 0.158. The summed E-state index contributed by atoms with van der Waals surface area (Å²) in [4.78, 5) is 12.1. The number of likely N-dealkylation sites (N-methyl/N-ethyl adjacent to an activating group) is 2. The minimum atomic E-state index is -3.89. The minimum absolute atomic E-state index is 0.142. The van der Waals surface area contributed by atoms with E-state index in [1.54, 1.807) is 20.9 Å². The number of nitrogens with zero attached hydrogens (tertiary/aromatic N) is 2. The van der Waals surface area contributed by atoms with Crippen molar-refractivity contribution in [2.75, 3.05) is 46.4 Å². The van der Waals surface area contributed by atoms with Crippen molar-refractivity contribution in [3.63, 3.8) is 0 Å². The van der Waals surface area contributed by atoms with Crippen LogP contribution in [0.25, 0.3) is 0 Å². The largest absolute Gasteiger partial charge is 0.451 e. The summed E-state index contributed by atoms with van der Waals surface area (Å²) in [5, 5.41) is 24.1. The summed E-state index contributed by atoms with van der Waals surface area (Å²) < 4.78 is 35.5. The summed E-state index contributed by atoms with van der Waals surface area (Å²) in [6, 6.07) is -1.75. The van der Waals surface area contributed by atoms with Crippen LogP contribution in [0, 0.1) is 5.92 Å². The summed E-state index contributed by atoms with van der Waals surface area (Å²) >= 11 is 0. The molecule has 5 atom stereocenters. The zero-order chi connectivity index (χ0) is 24.1. The molecule has 186 valence electrons. The van der Waals surface area contributed by atoms with Gasteiger partial charge in [0.05, 0.1) is 31.3 Å². The Balaban J connectivity index is 2.19. The fourth-order valence-corrected chi connectivity index (χ4v) is 6.52. The van der Waals surface area contributed by atoms with E-state index in [1.165, 1.54) is 8.61 Å². The van der Waals surface area contributed by atoms with Gasteiger partial charge in [-0.1, -0.05) is 13.3 Å². The summed E-state index contributed by atoms with van der Waals surface area (Å²) in [5.74, 6) is -0.503. The maximum absolute atomic E-state index is 13.6. The van der Waals surface area contributed by atoms with Gasteiger partial charge in [-0.3, -0.25) is 4.79 Å². The average Bonchev–Trinajstić information content (AvgIpc) is 3.27. The number of carbonyl (C=O) groups is 1. The lowest BCUT2D eigenvalue weighted by molar-refractivity contribution is -0.122. The van der Waals surface area contributed by atoms with Crippen molar-refractivity contribution in [2.24, 2.45) is 17.4 Å². The fourth-order valence-electron chi connectivity index (χ4n) is 4.58. The van der Waals surface area contributed by atoms with E-state index in [4.69, 9.17) is 26.3 Å². The van der Waals surface area contributed by atoms with E-state index >= 15 is 0 Å². The predicted octanol–water partition coefficient (Wildman–Crippen LogP) is -3.11. The van der Waals surface area contributed by atoms with Crippen LogP contribution >= 0.6 is 0 Å². The average molecular weight is 478 g/mol. The zero-order valence-electron chi connectivity index (χ0n) is 19.2. The molecule has 0 aromatic carbocycles. The maximum Gasteiger partial charge on any atom is 0.451 e. The second-order valence-electron chi connectivity index (χ2n) is 8.88. The van der Waals surface area contributed by atoms with Gasteiger partial charge in [0.1, 0.15) is 0 Å². The molecule has 0 bridgehead atoms. The van der Waals surface area contributed by atoms with Crippen LogP contribution < -0.4 is 22.1 Å². The molecule has 0 aromatic heterocycles. The Labute approximate surface area is 191 Å². The molecule has 2 saturated heterocycles. The highest BCUT2D eigenvalue weighted by Crippen LogP contribution is 2.33. The normalized spacial score (nSPS) is 30.1. The SMILES string of the molecule is CCN(C1COCC1NC(=O)[C@H](C)N)S(=O)(=O)N1C[C@H](CCCB(O)O)[C@](N)(CNC)C1. The molecule has 2 heterocycles.